The van der Waals surface area contributed by atoms with E-state index in [4.69, 9.17) is 0 Å². The van der Waals surface area contributed by atoms with Gasteiger partial charge in [-0.2, -0.15) is 0 Å². The zero-order chi connectivity index (χ0) is 15.7. The first-order valence-electron chi connectivity index (χ1n) is 8.56. The Morgan fingerprint density at radius 2 is 2.05 bits per heavy atom. The lowest BCUT2D eigenvalue weighted by atomic mass is 9.79. The minimum absolute atomic E-state index is 0.000321. The van der Waals surface area contributed by atoms with E-state index in [2.05, 4.69) is 50.4 Å². The zero-order valence-corrected chi connectivity index (χ0v) is 14.0. The predicted octanol–water partition coefficient (Wildman–Crippen LogP) is 4.35. The lowest BCUT2D eigenvalue weighted by Gasteiger charge is -2.36. The van der Waals surface area contributed by atoms with Gasteiger partial charge in [0, 0.05) is 28.8 Å². The number of hydrogen-bond acceptors (Lipinski definition) is 2. The molecule has 3 rings (SSSR count). The molecule has 22 heavy (non-hydrogen) atoms. The molecule has 2 aliphatic rings. The molecule has 0 spiro atoms. The van der Waals surface area contributed by atoms with Crippen molar-refractivity contribution in [1.29, 1.82) is 0 Å². The Bertz CT molecular complexity index is 599. The fraction of sp³-hybridized carbons (Fsp3) is 0.550. The van der Waals surface area contributed by atoms with Crippen molar-refractivity contribution in [3.05, 3.63) is 41.5 Å². The summed E-state index contributed by atoms with van der Waals surface area (Å²) in [6, 6.07) is 8.45. The van der Waals surface area contributed by atoms with Gasteiger partial charge in [0.25, 0.3) is 0 Å². The molecule has 0 unspecified atom stereocenters. The minimum atomic E-state index is 0.000321. The standard InChI is InChI=1S/C20H27NO/c1-14-7-6-9-15(11-14)19(22)12-18-17-10-5-4-8-16(17)13-20(2,3)21-18/h4-5,8,10,12,14-15,21H,6-7,9,11,13H2,1-3H3/b18-12-/t14-,15-/m0/s1. The quantitative estimate of drug-likeness (QED) is 0.822. The number of rotatable bonds is 2. The molecule has 1 aromatic carbocycles. The third-order valence-electron chi connectivity index (χ3n) is 5.04. The maximum absolute atomic E-state index is 12.7. The van der Waals surface area contributed by atoms with Crippen LogP contribution < -0.4 is 5.32 Å². The van der Waals surface area contributed by atoms with Gasteiger partial charge in [0.05, 0.1) is 0 Å². The highest BCUT2D eigenvalue weighted by atomic mass is 16.1. The van der Waals surface area contributed by atoms with E-state index in [0.717, 1.165) is 25.0 Å². The van der Waals surface area contributed by atoms with Crippen LogP contribution in [-0.2, 0) is 11.2 Å². The molecule has 1 N–H and O–H groups in total. The Balaban J connectivity index is 1.88. The Hall–Kier alpha value is -1.57. The van der Waals surface area contributed by atoms with Gasteiger partial charge in [-0.15, -0.1) is 0 Å². The van der Waals surface area contributed by atoms with Crippen molar-refractivity contribution < 1.29 is 4.79 Å². The third kappa shape index (κ3) is 3.26. The van der Waals surface area contributed by atoms with Gasteiger partial charge in [-0.1, -0.05) is 44.0 Å². The predicted molar refractivity (Wildman–Crippen MR) is 91.5 cm³/mol. The summed E-state index contributed by atoms with van der Waals surface area (Å²) in [6.07, 6.45) is 7.44. The van der Waals surface area contributed by atoms with E-state index in [9.17, 15) is 4.79 Å². The van der Waals surface area contributed by atoms with Crippen LogP contribution in [0.1, 0.15) is 57.6 Å². The Morgan fingerprint density at radius 1 is 1.27 bits per heavy atom. The van der Waals surface area contributed by atoms with E-state index < -0.39 is 0 Å². The fourth-order valence-electron chi connectivity index (χ4n) is 3.96. The van der Waals surface area contributed by atoms with Crippen molar-refractivity contribution in [2.45, 2.75) is 58.4 Å². The lowest BCUT2D eigenvalue weighted by molar-refractivity contribution is -0.119. The molecule has 2 heteroatoms. The third-order valence-corrected chi connectivity index (χ3v) is 5.04. The van der Waals surface area contributed by atoms with E-state index in [-0.39, 0.29) is 11.5 Å². The largest absolute Gasteiger partial charge is 0.379 e. The molecule has 1 aromatic rings. The van der Waals surface area contributed by atoms with Crippen molar-refractivity contribution in [3.8, 4) is 0 Å². The van der Waals surface area contributed by atoms with E-state index >= 15 is 0 Å². The molecule has 118 valence electrons. The summed E-state index contributed by atoms with van der Waals surface area (Å²) in [7, 11) is 0. The van der Waals surface area contributed by atoms with Crippen LogP contribution in [0.4, 0.5) is 0 Å². The average Bonchev–Trinajstić information content (AvgIpc) is 2.46. The topological polar surface area (TPSA) is 29.1 Å². The van der Waals surface area contributed by atoms with Crippen LogP contribution in [0.3, 0.4) is 0 Å². The van der Waals surface area contributed by atoms with Gasteiger partial charge >= 0.3 is 0 Å². The van der Waals surface area contributed by atoms with Crippen LogP contribution in [0.25, 0.3) is 5.70 Å². The molecule has 0 aromatic heterocycles. The molecule has 1 fully saturated rings. The first kappa shape index (κ1) is 15.3. The number of carbonyl (C=O) groups excluding carboxylic acids is 1. The molecule has 2 atom stereocenters. The van der Waals surface area contributed by atoms with E-state index in [0.29, 0.717) is 11.7 Å². The number of carbonyl (C=O) groups is 1. The van der Waals surface area contributed by atoms with Gasteiger partial charge in [0.2, 0.25) is 0 Å². The van der Waals surface area contributed by atoms with Crippen molar-refractivity contribution in [2.24, 2.45) is 11.8 Å². The van der Waals surface area contributed by atoms with Gasteiger partial charge in [-0.05, 0) is 44.6 Å². The smallest absolute Gasteiger partial charge is 0.160 e. The highest BCUT2D eigenvalue weighted by molar-refractivity contribution is 5.98. The number of hydrogen-bond donors (Lipinski definition) is 1. The van der Waals surface area contributed by atoms with Crippen molar-refractivity contribution in [2.75, 3.05) is 0 Å². The fourth-order valence-corrected chi connectivity index (χ4v) is 3.96. The molecule has 2 nitrogen and oxygen atoms in total. The molecule has 0 amide bonds. The van der Waals surface area contributed by atoms with E-state index in [1.807, 2.05) is 6.08 Å². The Kier molecular flexibility index (Phi) is 4.12. The van der Waals surface area contributed by atoms with Gasteiger partial charge in [-0.3, -0.25) is 4.79 Å². The molecular weight excluding hydrogens is 270 g/mol. The summed E-state index contributed by atoms with van der Waals surface area (Å²) in [6.45, 7) is 6.66. The number of allylic oxidation sites excluding steroid dienone is 1. The number of ketones is 1. The second kappa shape index (κ2) is 5.91. The maximum atomic E-state index is 12.7. The first-order chi connectivity index (χ1) is 10.4. The van der Waals surface area contributed by atoms with Crippen molar-refractivity contribution in [1.82, 2.24) is 5.32 Å². The van der Waals surface area contributed by atoms with Gasteiger partial charge in [0.1, 0.15) is 0 Å². The van der Waals surface area contributed by atoms with Crippen LogP contribution in [-0.4, -0.2) is 11.3 Å². The molecule has 1 aliphatic carbocycles. The summed E-state index contributed by atoms with van der Waals surface area (Å²) in [5, 5.41) is 3.57. The highest BCUT2D eigenvalue weighted by Crippen LogP contribution is 2.32. The van der Waals surface area contributed by atoms with Gasteiger partial charge in [0.15, 0.2) is 5.78 Å². The molecular formula is C20H27NO. The number of nitrogens with one attached hydrogen (secondary N) is 1. The van der Waals surface area contributed by atoms with Crippen molar-refractivity contribution in [3.63, 3.8) is 0 Å². The normalized spacial score (nSPS) is 28.8. The molecule has 1 saturated carbocycles. The highest BCUT2D eigenvalue weighted by Gasteiger charge is 2.29. The zero-order valence-electron chi connectivity index (χ0n) is 14.0. The number of fused-ring (bicyclic) bond motifs is 1. The Labute approximate surface area is 134 Å². The van der Waals surface area contributed by atoms with E-state index in [1.165, 1.54) is 24.0 Å². The van der Waals surface area contributed by atoms with Gasteiger partial charge < -0.3 is 5.32 Å². The monoisotopic (exact) mass is 297 g/mol. The minimum Gasteiger partial charge on any atom is -0.379 e. The maximum Gasteiger partial charge on any atom is 0.160 e. The SMILES string of the molecule is C[C@H]1CCC[C@H](C(=O)/C=C2\NC(C)(C)Cc3ccccc32)C1. The molecule has 1 aliphatic heterocycles. The van der Waals surface area contributed by atoms with Crippen LogP contribution in [0, 0.1) is 11.8 Å². The summed E-state index contributed by atoms with van der Waals surface area (Å²) in [5.74, 6) is 1.21. The van der Waals surface area contributed by atoms with Crippen LogP contribution in [0.15, 0.2) is 30.3 Å². The second-order valence-electron chi connectivity index (χ2n) is 7.77. The van der Waals surface area contributed by atoms with Crippen LogP contribution in [0.2, 0.25) is 0 Å². The van der Waals surface area contributed by atoms with Gasteiger partial charge in [-0.25, -0.2) is 0 Å². The second-order valence-corrected chi connectivity index (χ2v) is 7.77. The van der Waals surface area contributed by atoms with Crippen LogP contribution in [0.5, 0.6) is 0 Å². The van der Waals surface area contributed by atoms with Crippen LogP contribution >= 0.6 is 0 Å². The van der Waals surface area contributed by atoms with E-state index in [1.54, 1.807) is 0 Å². The lowest BCUT2D eigenvalue weighted by Crippen LogP contribution is -2.44. The Morgan fingerprint density at radius 3 is 2.82 bits per heavy atom. The average molecular weight is 297 g/mol. The van der Waals surface area contributed by atoms with Crippen molar-refractivity contribution >= 4 is 11.5 Å². The first-order valence-corrected chi connectivity index (χ1v) is 8.56. The molecule has 0 saturated heterocycles. The summed E-state index contributed by atoms with van der Waals surface area (Å²) < 4.78 is 0. The summed E-state index contributed by atoms with van der Waals surface area (Å²) in [5.41, 5.74) is 3.54. The molecule has 0 radical (unpaired) electrons. The number of benzene rings is 1. The molecule has 1 heterocycles. The summed E-state index contributed by atoms with van der Waals surface area (Å²) in [4.78, 5) is 12.7. The summed E-state index contributed by atoms with van der Waals surface area (Å²) >= 11 is 0. The molecule has 0 bridgehead atoms.